The standard InChI is InChI=1S/C20H21N5O/c26-20-7-16(6-19-17-5-15(8-22-10-17)12-25(19)20)18-2-1-14(9-23-18)11-24-4-3-21-13-24/h1-4,6-7,9,13,15,17,22H,5,8,10-12H2/t15-,17+/m0/s1. The van der Waals surface area contributed by atoms with E-state index in [9.17, 15) is 4.79 Å². The smallest absolute Gasteiger partial charge is 0.251 e. The zero-order chi connectivity index (χ0) is 17.5. The van der Waals surface area contributed by atoms with Crippen LogP contribution in [0.4, 0.5) is 0 Å². The van der Waals surface area contributed by atoms with E-state index in [1.54, 1.807) is 18.6 Å². The molecule has 5 heterocycles. The van der Waals surface area contributed by atoms with Gasteiger partial charge < -0.3 is 14.5 Å². The fourth-order valence-electron chi connectivity index (χ4n) is 4.23. The van der Waals surface area contributed by atoms with Crippen LogP contribution in [0.25, 0.3) is 11.3 Å². The first-order valence-electron chi connectivity index (χ1n) is 9.13. The van der Waals surface area contributed by atoms with Crippen molar-refractivity contribution in [2.45, 2.75) is 25.4 Å². The first-order chi connectivity index (χ1) is 12.8. The molecule has 0 aliphatic carbocycles. The maximum atomic E-state index is 12.7. The summed E-state index contributed by atoms with van der Waals surface area (Å²) >= 11 is 0. The minimum Gasteiger partial charge on any atom is -0.333 e. The first-order valence-corrected chi connectivity index (χ1v) is 9.13. The number of fused-ring (bicyclic) bond motifs is 4. The third kappa shape index (κ3) is 2.76. The minimum atomic E-state index is 0.0957. The van der Waals surface area contributed by atoms with Gasteiger partial charge in [0.15, 0.2) is 0 Å². The Bertz CT molecular complexity index is 974. The van der Waals surface area contributed by atoms with Gasteiger partial charge in [0.1, 0.15) is 0 Å². The maximum absolute atomic E-state index is 12.7. The van der Waals surface area contributed by atoms with Crippen molar-refractivity contribution >= 4 is 0 Å². The van der Waals surface area contributed by atoms with Crippen molar-refractivity contribution in [3.8, 4) is 11.3 Å². The predicted molar refractivity (Wildman–Crippen MR) is 99.0 cm³/mol. The number of hydrogen-bond donors (Lipinski definition) is 1. The Labute approximate surface area is 151 Å². The number of imidazole rings is 1. The third-order valence-corrected chi connectivity index (χ3v) is 5.51. The molecule has 0 radical (unpaired) electrons. The summed E-state index contributed by atoms with van der Waals surface area (Å²) in [7, 11) is 0. The van der Waals surface area contributed by atoms with Crippen LogP contribution in [0.2, 0.25) is 0 Å². The van der Waals surface area contributed by atoms with Gasteiger partial charge in [0.25, 0.3) is 5.56 Å². The Morgan fingerprint density at radius 3 is 3.00 bits per heavy atom. The molecule has 0 aromatic carbocycles. The van der Waals surface area contributed by atoms with Crippen LogP contribution in [0.15, 0.2) is 54.0 Å². The molecule has 1 fully saturated rings. The molecule has 0 amide bonds. The molecule has 132 valence electrons. The highest BCUT2D eigenvalue weighted by molar-refractivity contribution is 5.59. The van der Waals surface area contributed by atoms with Gasteiger partial charge in [-0.2, -0.15) is 0 Å². The number of nitrogens with one attached hydrogen (secondary N) is 1. The van der Waals surface area contributed by atoms with Crippen LogP contribution in [0.3, 0.4) is 0 Å². The zero-order valence-corrected chi connectivity index (χ0v) is 14.5. The summed E-state index contributed by atoms with van der Waals surface area (Å²) in [5.41, 5.74) is 4.13. The van der Waals surface area contributed by atoms with E-state index >= 15 is 0 Å². The molecule has 0 unspecified atom stereocenters. The molecular formula is C20H21N5O. The molecule has 0 saturated carbocycles. The van der Waals surface area contributed by atoms with Crippen LogP contribution in [0.1, 0.15) is 23.6 Å². The van der Waals surface area contributed by atoms with Gasteiger partial charge in [-0.05, 0) is 36.6 Å². The van der Waals surface area contributed by atoms with Crippen molar-refractivity contribution in [2.24, 2.45) is 5.92 Å². The van der Waals surface area contributed by atoms with Gasteiger partial charge in [-0.25, -0.2) is 4.98 Å². The molecule has 1 saturated heterocycles. The molecule has 2 bridgehead atoms. The van der Waals surface area contributed by atoms with Gasteiger partial charge in [-0.1, -0.05) is 6.07 Å². The highest BCUT2D eigenvalue weighted by Crippen LogP contribution is 2.33. The van der Waals surface area contributed by atoms with Crippen molar-refractivity contribution in [3.05, 3.63) is 70.8 Å². The van der Waals surface area contributed by atoms with Gasteiger partial charge >= 0.3 is 0 Å². The summed E-state index contributed by atoms with van der Waals surface area (Å²) in [5, 5.41) is 3.50. The third-order valence-electron chi connectivity index (χ3n) is 5.51. The lowest BCUT2D eigenvalue weighted by molar-refractivity contribution is 0.257. The summed E-state index contributed by atoms with van der Waals surface area (Å²) in [6.07, 6.45) is 8.55. The fourth-order valence-corrected chi connectivity index (χ4v) is 4.23. The van der Waals surface area contributed by atoms with Crippen molar-refractivity contribution in [1.82, 2.24) is 24.4 Å². The second-order valence-corrected chi connectivity index (χ2v) is 7.36. The van der Waals surface area contributed by atoms with Gasteiger partial charge in [-0.3, -0.25) is 9.78 Å². The lowest BCUT2D eigenvalue weighted by Crippen LogP contribution is -2.44. The van der Waals surface area contributed by atoms with E-state index in [1.165, 1.54) is 6.42 Å². The lowest BCUT2D eigenvalue weighted by Gasteiger charge is -2.37. The Morgan fingerprint density at radius 1 is 1.23 bits per heavy atom. The van der Waals surface area contributed by atoms with Crippen LogP contribution < -0.4 is 10.9 Å². The minimum absolute atomic E-state index is 0.0957. The molecule has 2 aliphatic rings. The first kappa shape index (κ1) is 15.5. The molecule has 6 heteroatoms. The van der Waals surface area contributed by atoms with Crippen molar-refractivity contribution in [3.63, 3.8) is 0 Å². The topological polar surface area (TPSA) is 64.7 Å². The number of aromatic nitrogens is 4. The van der Waals surface area contributed by atoms with Gasteiger partial charge in [-0.15, -0.1) is 0 Å². The van der Waals surface area contributed by atoms with Gasteiger partial charge in [0.05, 0.1) is 12.0 Å². The molecule has 5 rings (SSSR count). The number of pyridine rings is 2. The fraction of sp³-hybridized carbons (Fsp3) is 0.350. The molecular weight excluding hydrogens is 326 g/mol. The van der Waals surface area contributed by atoms with Crippen molar-refractivity contribution in [1.29, 1.82) is 0 Å². The van der Waals surface area contributed by atoms with E-state index < -0.39 is 0 Å². The Hall–Kier alpha value is -2.73. The van der Waals surface area contributed by atoms with Crippen LogP contribution in [0, 0.1) is 5.92 Å². The van der Waals surface area contributed by atoms with Gasteiger partial charge in [0, 0.05) is 61.5 Å². The summed E-state index contributed by atoms with van der Waals surface area (Å²) in [5.74, 6) is 1.00. The van der Waals surface area contributed by atoms with Crippen LogP contribution >= 0.6 is 0 Å². The summed E-state index contributed by atoms with van der Waals surface area (Å²) in [6, 6.07) is 7.96. The van der Waals surface area contributed by atoms with E-state index in [4.69, 9.17) is 0 Å². The average molecular weight is 347 g/mol. The van der Waals surface area contributed by atoms with E-state index in [2.05, 4.69) is 27.4 Å². The summed E-state index contributed by atoms with van der Waals surface area (Å²) in [4.78, 5) is 21.3. The summed E-state index contributed by atoms with van der Waals surface area (Å²) < 4.78 is 3.98. The van der Waals surface area contributed by atoms with Gasteiger partial charge in [0.2, 0.25) is 0 Å². The maximum Gasteiger partial charge on any atom is 0.251 e. The molecule has 1 N–H and O–H groups in total. The normalized spacial score (nSPS) is 21.4. The SMILES string of the molecule is O=c1cc(-c2ccc(Cn3ccnc3)cn2)cc2n1C[C@@H]1CNC[C@H]2C1. The average Bonchev–Trinajstić information content (AvgIpc) is 3.16. The number of hydrogen-bond acceptors (Lipinski definition) is 4. The second-order valence-electron chi connectivity index (χ2n) is 7.36. The monoisotopic (exact) mass is 347 g/mol. The second kappa shape index (κ2) is 6.21. The van der Waals surface area contributed by atoms with E-state index in [-0.39, 0.29) is 5.56 Å². The number of nitrogens with zero attached hydrogens (tertiary/aromatic N) is 4. The van der Waals surface area contributed by atoms with Crippen molar-refractivity contribution in [2.75, 3.05) is 13.1 Å². The number of rotatable bonds is 3. The molecule has 6 nitrogen and oxygen atoms in total. The Morgan fingerprint density at radius 2 is 2.19 bits per heavy atom. The van der Waals surface area contributed by atoms with Crippen LogP contribution in [-0.2, 0) is 13.1 Å². The van der Waals surface area contributed by atoms with E-state index in [1.807, 2.05) is 27.6 Å². The van der Waals surface area contributed by atoms with E-state index in [0.717, 1.165) is 48.7 Å². The largest absolute Gasteiger partial charge is 0.333 e. The zero-order valence-electron chi connectivity index (χ0n) is 14.5. The highest BCUT2D eigenvalue weighted by atomic mass is 16.1. The molecule has 2 aliphatic heterocycles. The van der Waals surface area contributed by atoms with Crippen LogP contribution in [0.5, 0.6) is 0 Å². The molecule has 3 aromatic heterocycles. The predicted octanol–water partition coefficient (Wildman–Crippen LogP) is 1.86. The molecule has 3 aromatic rings. The molecule has 0 spiro atoms. The molecule has 2 atom stereocenters. The van der Waals surface area contributed by atoms with Crippen LogP contribution in [-0.4, -0.2) is 32.2 Å². The van der Waals surface area contributed by atoms with E-state index in [0.29, 0.717) is 11.8 Å². The Balaban J connectivity index is 1.47. The quantitative estimate of drug-likeness (QED) is 0.785. The van der Waals surface area contributed by atoms with Crippen molar-refractivity contribution < 1.29 is 0 Å². The summed E-state index contributed by atoms with van der Waals surface area (Å²) in [6.45, 7) is 3.55. The lowest BCUT2D eigenvalue weighted by atomic mass is 9.83. The Kier molecular flexibility index (Phi) is 3.71. The highest BCUT2D eigenvalue weighted by Gasteiger charge is 2.31. The number of piperidine rings is 1. The molecule has 26 heavy (non-hydrogen) atoms.